The number of urea groups is 1. The van der Waals surface area contributed by atoms with Gasteiger partial charge >= 0.3 is 12.0 Å². The number of nitrogens with one attached hydrogen (secondary N) is 1. The lowest BCUT2D eigenvalue weighted by Gasteiger charge is -2.21. The van der Waals surface area contributed by atoms with Gasteiger partial charge in [0.2, 0.25) is 0 Å². The first kappa shape index (κ1) is 16.7. The average molecular weight is 288 g/mol. The Morgan fingerprint density at radius 2 is 2.15 bits per heavy atom. The molecule has 1 unspecified atom stereocenters. The molecule has 1 fully saturated rings. The predicted octanol–water partition coefficient (Wildman–Crippen LogP) is 0.279. The third kappa shape index (κ3) is 5.34. The molecular weight excluding hydrogens is 264 g/mol. The number of β-amino-alcohol motifs (C(OH)–C–C–N with tert-alkyl or cyclic N) is 1. The van der Waals surface area contributed by atoms with Crippen LogP contribution in [-0.4, -0.2) is 65.6 Å². The summed E-state index contributed by atoms with van der Waals surface area (Å²) in [4.78, 5) is 24.0. The average Bonchev–Trinajstić information content (AvgIpc) is 2.75. The second kappa shape index (κ2) is 8.06. The first-order valence-corrected chi connectivity index (χ1v) is 6.95. The Kier molecular flexibility index (Phi) is 6.74. The zero-order valence-electron chi connectivity index (χ0n) is 12.0. The molecule has 7 nitrogen and oxygen atoms in total. The minimum atomic E-state index is -1.09. The van der Waals surface area contributed by atoms with E-state index in [9.17, 15) is 14.7 Å². The van der Waals surface area contributed by atoms with Crippen molar-refractivity contribution >= 4 is 12.0 Å². The molecule has 1 aliphatic heterocycles. The number of aliphatic hydroxyl groups excluding tert-OH is 1. The van der Waals surface area contributed by atoms with E-state index in [1.807, 2.05) is 0 Å². The molecule has 0 aromatic heterocycles. The maximum absolute atomic E-state index is 11.8. The van der Waals surface area contributed by atoms with Gasteiger partial charge in [-0.3, -0.25) is 0 Å². The Bertz CT molecular complexity index is 335. The SMILES string of the molecule is CC(C)COCCCNC(=O)N1CC(O)C[C@H]1C(=O)O. The van der Waals surface area contributed by atoms with Gasteiger partial charge in [0.15, 0.2) is 0 Å². The maximum Gasteiger partial charge on any atom is 0.326 e. The van der Waals surface area contributed by atoms with Crippen molar-refractivity contribution in [1.82, 2.24) is 10.2 Å². The second-order valence-corrected chi connectivity index (χ2v) is 5.45. The Balaban J connectivity index is 2.23. The van der Waals surface area contributed by atoms with Crippen LogP contribution in [0.2, 0.25) is 0 Å². The van der Waals surface area contributed by atoms with Crippen molar-refractivity contribution in [3.63, 3.8) is 0 Å². The van der Waals surface area contributed by atoms with Crippen LogP contribution >= 0.6 is 0 Å². The fourth-order valence-corrected chi connectivity index (χ4v) is 2.06. The summed E-state index contributed by atoms with van der Waals surface area (Å²) in [7, 11) is 0. The van der Waals surface area contributed by atoms with Crippen molar-refractivity contribution in [3.05, 3.63) is 0 Å². The zero-order valence-corrected chi connectivity index (χ0v) is 12.0. The monoisotopic (exact) mass is 288 g/mol. The highest BCUT2D eigenvalue weighted by Gasteiger charge is 2.38. The number of ether oxygens (including phenoxy) is 1. The summed E-state index contributed by atoms with van der Waals surface area (Å²) in [6.45, 7) is 5.86. The summed E-state index contributed by atoms with van der Waals surface area (Å²) in [5.41, 5.74) is 0. The zero-order chi connectivity index (χ0) is 15.1. The van der Waals surface area contributed by atoms with Gasteiger partial charge in [-0.25, -0.2) is 9.59 Å². The topological polar surface area (TPSA) is 99.1 Å². The third-order valence-electron chi connectivity index (χ3n) is 3.02. The first-order valence-electron chi connectivity index (χ1n) is 6.95. The van der Waals surface area contributed by atoms with Gasteiger partial charge in [-0.05, 0) is 12.3 Å². The highest BCUT2D eigenvalue weighted by molar-refractivity contribution is 5.83. The molecule has 0 aromatic carbocycles. The van der Waals surface area contributed by atoms with Gasteiger partial charge in [-0.1, -0.05) is 13.8 Å². The molecule has 0 spiro atoms. The van der Waals surface area contributed by atoms with Crippen molar-refractivity contribution in [2.24, 2.45) is 5.92 Å². The maximum atomic E-state index is 11.8. The predicted molar refractivity (Wildman–Crippen MR) is 72.4 cm³/mol. The molecule has 0 radical (unpaired) electrons. The van der Waals surface area contributed by atoms with E-state index >= 15 is 0 Å². The van der Waals surface area contributed by atoms with E-state index in [0.717, 1.165) is 0 Å². The van der Waals surface area contributed by atoms with Gasteiger partial charge < -0.3 is 25.2 Å². The van der Waals surface area contributed by atoms with Crippen LogP contribution in [0, 0.1) is 5.92 Å². The highest BCUT2D eigenvalue weighted by atomic mass is 16.5. The normalized spacial score (nSPS) is 22.3. The number of aliphatic carboxylic acids is 1. The summed E-state index contributed by atoms with van der Waals surface area (Å²) in [6.07, 6.45) is -0.0106. The number of hydrogen-bond acceptors (Lipinski definition) is 4. The molecule has 7 heteroatoms. The standard InChI is InChI=1S/C13H24N2O5/c1-9(2)8-20-5-3-4-14-13(19)15-7-10(16)6-11(15)12(17)18/h9-11,16H,3-8H2,1-2H3,(H,14,19)(H,17,18)/t10?,11-/m0/s1. The molecule has 1 rings (SSSR count). The van der Waals surface area contributed by atoms with Crippen LogP contribution in [0.1, 0.15) is 26.7 Å². The van der Waals surface area contributed by atoms with E-state index in [2.05, 4.69) is 19.2 Å². The van der Waals surface area contributed by atoms with Gasteiger partial charge in [0, 0.05) is 32.7 Å². The van der Waals surface area contributed by atoms with E-state index < -0.39 is 24.1 Å². The largest absolute Gasteiger partial charge is 0.480 e. The first-order chi connectivity index (χ1) is 9.41. The number of rotatable bonds is 7. The number of amides is 2. The number of aliphatic hydroxyl groups is 1. The van der Waals surface area contributed by atoms with E-state index in [4.69, 9.17) is 9.84 Å². The van der Waals surface area contributed by atoms with Crippen molar-refractivity contribution in [2.45, 2.75) is 38.8 Å². The van der Waals surface area contributed by atoms with Gasteiger partial charge in [0.05, 0.1) is 6.10 Å². The smallest absolute Gasteiger partial charge is 0.326 e. The van der Waals surface area contributed by atoms with Gasteiger partial charge in [-0.15, -0.1) is 0 Å². The molecule has 2 amide bonds. The molecule has 1 heterocycles. The van der Waals surface area contributed by atoms with Crippen LogP contribution in [-0.2, 0) is 9.53 Å². The van der Waals surface area contributed by atoms with Crippen LogP contribution in [0.4, 0.5) is 4.79 Å². The number of hydrogen-bond donors (Lipinski definition) is 3. The molecule has 0 aromatic rings. The van der Waals surface area contributed by atoms with Gasteiger partial charge in [0.25, 0.3) is 0 Å². The number of nitrogens with zero attached hydrogens (tertiary/aromatic N) is 1. The quantitative estimate of drug-likeness (QED) is 0.584. The summed E-state index contributed by atoms with van der Waals surface area (Å²) < 4.78 is 5.38. The fourth-order valence-electron chi connectivity index (χ4n) is 2.06. The molecule has 3 N–H and O–H groups in total. The Labute approximate surface area is 118 Å². The summed E-state index contributed by atoms with van der Waals surface area (Å²) >= 11 is 0. The Hall–Kier alpha value is -1.34. The minimum absolute atomic E-state index is 0.0622. The molecule has 0 saturated carbocycles. The molecular formula is C13H24N2O5. The van der Waals surface area contributed by atoms with Gasteiger partial charge in [-0.2, -0.15) is 0 Å². The second-order valence-electron chi connectivity index (χ2n) is 5.45. The van der Waals surface area contributed by atoms with Crippen LogP contribution in [0.15, 0.2) is 0 Å². The Morgan fingerprint density at radius 1 is 1.45 bits per heavy atom. The number of carboxylic acids is 1. The highest BCUT2D eigenvalue weighted by Crippen LogP contribution is 2.17. The number of likely N-dealkylation sites (tertiary alicyclic amines) is 1. The Morgan fingerprint density at radius 3 is 2.75 bits per heavy atom. The molecule has 20 heavy (non-hydrogen) atoms. The molecule has 1 aliphatic rings. The lowest BCUT2D eigenvalue weighted by atomic mass is 10.2. The summed E-state index contributed by atoms with van der Waals surface area (Å²) in [5.74, 6) is -0.607. The molecule has 0 aliphatic carbocycles. The third-order valence-corrected chi connectivity index (χ3v) is 3.02. The van der Waals surface area contributed by atoms with Crippen molar-refractivity contribution in [2.75, 3.05) is 26.3 Å². The fraction of sp³-hybridized carbons (Fsp3) is 0.846. The lowest BCUT2D eigenvalue weighted by Crippen LogP contribution is -2.46. The molecule has 116 valence electrons. The number of carbonyl (C=O) groups is 2. The van der Waals surface area contributed by atoms with Crippen molar-refractivity contribution in [1.29, 1.82) is 0 Å². The van der Waals surface area contributed by atoms with E-state index in [0.29, 0.717) is 32.1 Å². The van der Waals surface area contributed by atoms with Crippen LogP contribution in [0.5, 0.6) is 0 Å². The van der Waals surface area contributed by atoms with Crippen molar-refractivity contribution in [3.8, 4) is 0 Å². The summed E-state index contributed by atoms with van der Waals surface area (Å²) in [5, 5.41) is 21.1. The van der Waals surface area contributed by atoms with E-state index in [1.54, 1.807) is 0 Å². The van der Waals surface area contributed by atoms with Crippen molar-refractivity contribution < 1.29 is 24.5 Å². The summed E-state index contributed by atoms with van der Waals surface area (Å²) in [6, 6.07) is -1.39. The number of carboxylic acid groups (broad SMARTS) is 1. The molecule has 1 saturated heterocycles. The van der Waals surface area contributed by atoms with Crippen LogP contribution < -0.4 is 5.32 Å². The van der Waals surface area contributed by atoms with Crippen LogP contribution in [0.3, 0.4) is 0 Å². The minimum Gasteiger partial charge on any atom is -0.480 e. The number of carbonyl (C=O) groups excluding carboxylic acids is 1. The molecule has 2 atom stereocenters. The van der Waals surface area contributed by atoms with E-state index in [1.165, 1.54) is 4.90 Å². The van der Waals surface area contributed by atoms with Gasteiger partial charge in [0.1, 0.15) is 6.04 Å². The van der Waals surface area contributed by atoms with E-state index in [-0.39, 0.29) is 13.0 Å². The lowest BCUT2D eigenvalue weighted by molar-refractivity contribution is -0.141. The van der Waals surface area contributed by atoms with Crippen LogP contribution in [0.25, 0.3) is 0 Å². The molecule has 0 bridgehead atoms.